The number of amides is 1. The Bertz CT molecular complexity index is 665. The normalized spacial score (nSPS) is 34.8. The zero-order valence-corrected chi connectivity index (χ0v) is 22.0. The molecule has 8 atom stereocenters. The van der Waals surface area contributed by atoms with Crippen molar-refractivity contribution in [3.8, 4) is 0 Å². The van der Waals surface area contributed by atoms with Gasteiger partial charge in [0.05, 0.1) is 18.4 Å². The molecule has 4 rings (SSSR count). The maximum absolute atomic E-state index is 13.0. The van der Waals surface area contributed by atoms with Crippen molar-refractivity contribution in [2.75, 3.05) is 46.1 Å². The topological polar surface area (TPSA) is 150 Å². The molecule has 8 unspecified atom stereocenters. The second-order valence-electron chi connectivity index (χ2n) is 11.4. The highest BCUT2D eigenvalue weighted by Gasteiger charge is 2.38. The van der Waals surface area contributed by atoms with E-state index in [0.29, 0.717) is 37.5 Å². The maximum Gasteiger partial charge on any atom is 0.223 e. The summed E-state index contributed by atoms with van der Waals surface area (Å²) < 4.78 is 6.01. The van der Waals surface area contributed by atoms with Crippen molar-refractivity contribution in [3.63, 3.8) is 0 Å². The van der Waals surface area contributed by atoms with Gasteiger partial charge < -0.3 is 37.3 Å². The molecule has 208 valence electrons. The standard InChI is InChI=1S/C26H51N7O3/c27-23(33(11-3-12-34)25(28)22-8-10-29-17-32-22)16-30-21-7-2-5-19(14-21)26(35)31-15-20-6-1-4-18-9-13-36-24(18)20/h18-25,29-30,32,34H,1-17,27-28H2,(H,31,35). The van der Waals surface area contributed by atoms with Crippen LogP contribution in [-0.2, 0) is 9.53 Å². The average Bonchev–Trinajstić information content (AvgIpc) is 3.41. The number of hydrogen-bond donors (Lipinski definition) is 7. The molecule has 10 heteroatoms. The predicted molar refractivity (Wildman–Crippen MR) is 141 cm³/mol. The van der Waals surface area contributed by atoms with Gasteiger partial charge in [0, 0.05) is 63.4 Å². The Morgan fingerprint density at radius 3 is 2.81 bits per heavy atom. The largest absolute Gasteiger partial charge is 0.396 e. The summed E-state index contributed by atoms with van der Waals surface area (Å²) in [6.07, 6.45) is 10.3. The van der Waals surface area contributed by atoms with E-state index in [1.165, 1.54) is 19.3 Å². The number of aliphatic hydroxyl groups excluding tert-OH is 1. The second-order valence-corrected chi connectivity index (χ2v) is 11.4. The minimum absolute atomic E-state index is 0.0584. The molecule has 2 aliphatic heterocycles. The van der Waals surface area contributed by atoms with Gasteiger partial charge in [0.15, 0.2) is 0 Å². The summed E-state index contributed by atoms with van der Waals surface area (Å²) in [5.74, 6) is 1.43. The van der Waals surface area contributed by atoms with Crippen molar-refractivity contribution in [1.82, 2.24) is 26.2 Å². The van der Waals surface area contributed by atoms with E-state index in [1.807, 2.05) is 0 Å². The van der Waals surface area contributed by atoms with Gasteiger partial charge in [0.1, 0.15) is 0 Å². The number of hydrogen-bond acceptors (Lipinski definition) is 9. The molecule has 0 aromatic heterocycles. The number of rotatable bonds is 12. The molecule has 0 aromatic carbocycles. The quantitative estimate of drug-likeness (QED) is 0.175. The predicted octanol–water partition coefficient (Wildman–Crippen LogP) is -0.381. The van der Waals surface area contributed by atoms with Gasteiger partial charge in [-0.15, -0.1) is 0 Å². The third-order valence-electron chi connectivity index (χ3n) is 8.99. The average molecular weight is 510 g/mol. The first-order valence-corrected chi connectivity index (χ1v) is 14.5. The van der Waals surface area contributed by atoms with Gasteiger partial charge in [-0.25, -0.2) is 0 Å². The number of carbonyl (C=O) groups excluding carboxylic acids is 1. The SMILES string of the molecule is NC(CNC1CCCC(C(=O)NCC2CCCC3CCOC32)C1)N(CCCO)C(N)C1CCNCN1. The van der Waals surface area contributed by atoms with Crippen LogP contribution in [0.2, 0.25) is 0 Å². The van der Waals surface area contributed by atoms with Crippen LogP contribution in [0.5, 0.6) is 0 Å². The monoisotopic (exact) mass is 509 g/mol. The van der Waals surface area contributed by atoms with E-state index in [9.17, 15) is 9.90 Å². The Morgan fingerprint density at radius 1 is 1.14 bits per heavy atom. The highest BCUT2D eigenvalue weighted by atomic mass is 16.5. The molecule has 2 heterocycles. The number of nitrogens with two attached hydrogens (primary N) is 2. The molecule has 1 amide bonds. The summed E-state index contributed by atoms with van der Waals surface area (Å²) in [5.41, 5.74) is 13.2. The van der Waals surface area contributed by atoms with Gasteiger partial charge in [-0.3, -0.25) is 15.0 Å². The molecular weight excluding hydrogens is 458 g/mol. The lowest BCUT2D eigenvalue weighted by molar-refractivity contribution is -0.126. The van der Waals surface area contributed by atoms with Crippen LogP contribution in [0.15, 0.2) is 0 Å². The fourth-order valence-electron chi connectivity index (χ4n) is 6.87. The number of ether oxygens (including phenoxy) is 1. The lowest BCUT2D eigenvalue weighted by Crippen LogP contribution is -2.65. The van der Waals surface area contributed by atoms with Crippen molar-refractivity contribution in [3.05, 3.63) is 0 Å². The zero-order chi connectivity index (χ0) is 25.3. The first-order valence-electron chi connectivity index (χ1n) is 14.5. The van der Waals surface area contributed by atoms with Crippen LogP contribution in [0.4, 0.5) is 0 Å². The minimum atomic E-state index is -0.247. The molecule has 36 heavy (non-hydrogen) atoms. The minimum Gasteiger partial charge on any atom is -0.396 e. The first kappa shape index (κ1) is 28.2. The maximum atomic E-state index is 13.0. The second kappa shape index (κ2) is 14.3. The zero-order valence-electron chi connectivity index (χ0n) is 22.0. The highest BCUT2D eigenvalue weighted by Crippen LogP contribution is 2.37. The van der Waals surface area contributed by atoms with Crippen molar-refractivity contribution < 1.29 is 14.6 Å². The Morgan fingerprint density at radius 2 is 2.00 bits per heavy atom. The van der Waals surface area contributed by atoms with E-state index < -0.39 is 0 Å². The lowest BCUT2D eigenvalue weighted by Gasteiger charge is -2.41. The van der Waals surface area contributed by atoms with Crippen molar-refractivity contribution >= 4 is 5.91 Å². The van der Waals surface area contributed by atoms with Gasteiger partial charge >= 0.3 is 0 Å². The van der Waals surface area contributed by atoms with E-state index >= 15 is 0 Å². The van der Waals surface area contributed by atoms with E-state index in [4.69, 9.17) is 16.2 Å². The van der Waals surface area contributed by atoms with E-state index in [0.717, 1.165) is 64.9 Å². The van der Waals surface area contributed by atoms with Gasteiger partial charge in [0.2, 0.25) is 5.91 Å². The number of nitrogens with one attached hydrogen (secondary N) is 4. The fraction of sp³-hybridized carbons (Fsp3) is 0.962. The molecule has 0 aromatic rings. The van der Waals surface area contributed by atoms with Gasteiger partial charge in [0.25, 0.3) is 0 Å². The molecule has 0 radical (unpaired) electrons. The molecule has 0 bridgehead atoms. The number of carbonyl (C=O) groups is 1. The molecule has 2 saturated carbocycles. The Kier molecular flexibility index (Phi) is 11.2. The molecule has 2 aliphatic carbocycles. The summed E-state index contributed by atoms with van der Waals surface area (Å²) in [4.78, 5) is 15.2. The first-order chi connectivity index (χ1) is 17.6. The van der Waals surface area contributed by atoms with Gasteiger partial charge in [-0.2, -0.15) is 0 Å². The van der Waals surface area contributed by atoms with Gasteiger partial charge in [-0.1, -0.05) is 12.8 Å². The van der Waals surface area contributed by atoms with Crippen LogP contribution in [-0.4, -0.2) is 92.5 Å². The summed E-state index contributed by atoms with van der Waals surface area (Å²) in [7, 11) is 0. The molecule has 9 N–H and O–H groups in total. The van der Waals surface area contributed by atoms with Crippen molar-refractivity contribution in [1.29, 1.82) is 0 Å². The Hall–Kier alpha value is -0.850. The molecule has 10 nitrogen and oxygen atoms in total. The smallest absolute Gasteiger partial charge is 0.223 e. The summed E-state index contributed by atoms with van der Waals surface area (Å²) in [5, 5.41) is 23.0. The van der Waals surface area contributed by atoms with Crippen LogP contribution in [0, 0.1) is 17.8 Å². The van der Waals surface area contributed by atoms with Crippen molar-refractivity contribution in [2.24, 2.45) is 29.2 Å². The number of nitrogens with zero attached hydrogens (tertiary/aromatic N) is 1. The molecular formula is C26H51N7O3. The van der Waals surface area contributed by atoms with Crippen molar-refractivity contribution in [2.45, 2.75) is 94.7 Å². The summed E-state index contributed by atoms with van der Waals surface area (Å²) in [6, 6.07) is 0.457. The lowest BCUT2D eigenvalue weighted by atomic mass is 9.78. The van der Waals surface area contributed by atoms with Crippen LogP contribution in [0.3, 0.4) is 0 Å². The van der Waals surface area contributed by atoms with E-state index in [1.54, 1.807) is 0 Å². The van der Waals surface area contributed by atoms with E-state index in [-0.39, 0.29) is 42.8 Å². The Balaban J connectivity index is 1.22. The Labute approximate surface area is 217 Å². The van der Waals surface area contributed by atoms with Gasteiger partial charge in [-0.05, 0) is 63.8 Å². The highest BCUT2D eigenvalue weighted by molar-refractivity contribution is 5.78. The number of aliphatic hydroxyl groups is 1. The van der Waals surface area contributed by atoms with Crippen LogP contribution in [0.1, 0.15) is 64.2 Å². The third-order valence-corrected chi connectivity index (χ3v) is 8.99. The molecule has 4 fully saturated rings. The van der Waals surface area contributed by atoms with Crippen LogP contribution in [0.25, 0.3) is 0 Å². The fourth-order valence-corrected chi connectivity index (χ4v) is 6.87. The summed E-state index contributed by atoms with van der Waals surface area (Å²) >= 11 is 0. The molecule has 0 spiro atoms. The van der Waals surface area contributed by atoms with Crippen LogP contribution < -0.4 is 32.7 Å². The third kappa shape index (κ3) is 7.60. The van der Waals surface area contributed by atoms with E-state index in [2.05, 4.69) is 26.2 Å². The molecule has 4 aliphatic rings. The summed E-state index contributed by atoms with van der Waals surface area (Å²) in [6.45, 7) is 4.72. The van der Waals surface area contributed by atoms with Crippen LogP contribution >= 0.6 is 0 Å². The number of fused-ring (bicyclic) bond motifs is 1. The molecule has 2 saturated heterocycles.